The number of nitrogens with one attached hydrogen (secondary N) is 2. The van der Waals surface area contributed by atoms with E-state index in [-0.39, 0.29) is 12.3 Å². The summed E-state index contributed by atoms with van der Waals surface area (Å²) in [6.45, 7) is 0. The lowest BCUT2D eigenvalue weighted by Gasteiger charge is -2.32. The third-order valence-corrected chi connectivity index (χ3v) is 13.5. The summed E-state index contributed by atoms with van der Waals surface area (Å²) in [6, 6.07) is 67.5. The molecule has 0 fully saturated rings. The minimum atomic E-state index is -0.200. The Kier molecular flexibility index (Phi) is 10.7. The number of aromatic nitrogens is 2. The first-order chi connectivity index (χ1) is 33.2. The van der Waals surface area contributed by atoms with E-state index in [4.69, 9.17) is 10.1 Å². The molecular weight excluding hydrogens is 815 g/mol. The van der Waals surface area contributed by atoms with Gasteiger partial charge in [0.2, 0.25) is 0 Å². The standard InChI is InChI=1S/C62H49N5/c1-6-18-46(19-7-1)56-57(48-20-8-2-9-21-48)66-67-58(49-22-10-3-11-23-49)55(53-28-16-17-29-54(53)59(56)67)47-38-34-44(35-39-47)42-30-32-43(33-31-42)45-36-40-52(41-37-45)62-64-60(50-24-12-4-13-25-50)63-61(65-62)51-26-14-5-15-27-51/h1-6,8-10,12-18,20-22,24-41,60,62,64H,7,11,19,23H2,(H,63,65). The Hall–Kier alpha value is -8.12. The van der Waals surface area contributed by atoms with E-state index in [2.05, 4.69) is 234 Å². The van der Waals surface area contributed by atoms with Gasteiger partial charge in [-0.15, -0.1) is 0 Å². The third-order valence-electron chi connectivity index (χ3n) is 13.5. The average molecular weight is 864 g/mol. The fraction of sp³-hybridized carbons (Fsp3) is 0.0968. The molecule has 2 atom stereocenters. The summed E-state index contributed by atoms with van der Waals surface area (Å²) in [7, 11) is 0. The predicted octanol–water partition coefficient (Wildman–Crippen LogP) is 15.0. The highest BCUT2D eigenvalue weighted by atomic mass is 15.3. The van der Waals surface area contributed by atoms with Gasteiger partial charge in [0.1, 0.15) is 23.9 Å². The third kappa shape index (κ3) is 7.73. The Morgan fingerprint density at radius 2 is 0.970 bits per heavy atom. The van der Waals surface area contributed by atoms with Crippen molar-refractivity contribution >= 4 is 33.3 Å². The van der Waals surface area contributed by atoms with Gasteiger partial charge in [-0.1, -0.05) is 225 Å². The first kappa shape index (κ1) is 40.4. The second-order valence-corrected chi connectivity index (χ2v) is 17.6. The van der Waals surface area contributed by atoms with E-state index in [9.17, 15) is 0 Å². The number of nitrogens with zero attached hydrogens (tertiary/aromatic N) is 3. The zero-order chi connectivity index (χ0) is 44.5. The highest BCUT2D eigenvalue weighted by Gasteiger charge is 2.28. The van der Waals surface area contributed by atoms with Crippen LogP contribution in [0, 0.1) is 0 Å². The lowest BCUT2D eigenvalue weighted by molar-refractivity contribution is 0.409. The molecule has 7 aromatic carbocycles. The van der Waals surface area contributed by atoms with Gasteiger partial charge in [0.15, 0.2) is 0 Å². The molecule has 0 radical (unpaired) electrons. The van der Waals surface area contributed by atoms with Crippen LogP contribution in [0.4, 0.5) is 0 Å². The lowest BCUT2D eigenvalue weighted by atomic mass is 9.88. The van der Waals surface area contributed by atoms with Crippen LogP contribution in [0.5, 0.6) is 0 Å². The van der Waals surface area contributed by atoms with Crippen molar-refractivity contribution in [1.29, 1.82) is 0 Å². The number of fused-ring (bicyclic) bond motifs is 3. The van der Waals surface area contributed by atoms with Crippen molar-refractivity contribution in [2.24, 2.45) is 4.99 Å². The molecular formula is C62H49N5. The maximum Gasteiger partial charge on any atom is 0.131 e. The molecule has 3 heterocycles. The van der Waals surface area contributed by atoms with Gasteiger partial charge in [-0.3, -0.25) is 5.32 Å². The zero-order valence-electron chi connectivity index (χ0n) is 37.2. The van der Waals surface area contributed by atoms with Crippen molar-refractivity contribution in [3.8, 4) is 44.6 Å². The molecule has 1 aliphatic heterocycles. The maximum atomic E-state index is 5.60. The second kappa shape index (κ2) is 17.7. The molecule has 5 nitrogen and oxygen atoms in total. The average Bonchev–Trinajstić information content (AvgIpc) is 3.83. The second-order valence-electron chi connectivity index (χ2n) is 17.6. The first-order valence-electron chi connectivity index (χ1n) is 23.5. The molecule has 0 bridgehead atoms. The molecule has 2 N–H and O–H groups in total. The van der Waals surface area contributed by atoms with E-state index in [1.165, 1.54) is 77.6 Å². The molecule has 2 aromatic heterocycles. The largest absolute Gasteiger partial charge is 0.350 e. The van der Waals surface area contributed by atoms with Crippen LogP contribution < -0.4 is 10.6 Å². The molecule has 0 spiro atoms. The maximum absolute atomic E-state index is 5.60. The van der Waals surface area contributed by atoms with Crippen LogP contribution in [0.1, 0.15) is 66.0 Å². The highest BCUT2D eigenvalue weighted by molar-refractivity contribution is 6.12. The number of hydrogen-bond donors (Lipinski definition) is 2. The first-order valence-corrected chi connectivity index (χ1v) is 23.5. The van der Waals surface area contributed by atoms with E-state index < -0.39 is 0 Å². The van der Waals surface area contributed by atoms with E-state index in [0.717, 1.165) is 53.9 Å². The normalized spacial score (nSPS) is 16.9. The molecule has 2 unspecified atom stereocenters. The summed E-state index contributed by atoms with van der Waals surface area (Å²) in [5, 5.41) is 15.4. The van der Waals surface area contributed by atoms with Gasteiger partial charge in [0.05, 0.1) is 11.2 Å². The van der Waals surface area contributed by atoms with E-state index >= 15 is 0 Å². The molecule has 5 heteroatoms. The minimum absolute atomic E-state index is 0.0724. The predicted molar refractivity (Wildman–Crippen MR) is 278 cm³/mol. The SMILES string of the molecule is C1=CCCC(c2c(-c3ccccc3)nn3c(C4=CC=CCC4)c(-c4ccc(-c5ccc(-c6ccc(C7N=C(c8ccccc8)NC(c8ccccc8)N7)cc6)cc5)cc4)c4ccccc4c23)=C1. The summed E-state index contributed by atoms with van der Waals surface area (Å²) in [5.41, 5.74) is 18.9. The summed E-state index contributed by atoms with van der Waals surface area (Å²) in [6.07, 6.45) is 17.3. The van der Waals surface area contributed by atoms with Gasteiger partial charge < -0.3 is 5.32 Å². The number of rotatable bonds is 9. The number of benzene rings is 7. The topological polar surface area (TPSA) is 53.7 Å². The molecule has 2 aliphatic carbocycles. The number of pyridine rings is 1. The summed E-state index contributed by atoms with van der Waals surface area (Å²) in [5.74, 6) is 0.884. The van der Waals surface area contributed by atoms with Crippen molar-refractivity contribution < 1.29 is 0 Å². The van der Waals surface area contributed by atoms with Crippen LogP contribution in [0.2, 0.25) is 0 Å². The van der Waals surface area contributed by atoms with Gasteiger partial charge in [0, 0.05) is 27.6 Å². The van der Waals surface area contributed by atoms with Crippen molar-refractivity contribution in [2.45, 2.75) is 38.0 Å². The van der Waals surface area contributed by atoms with Crippen LogP contribution >= 0.6 is 0 Å². The zero-order valence-corrected chi connectivity index (χ0v) is 37.2. The fourth-order valence-electron chi connectivity index (χ4n) is 10.1. The smallest absolute Gasteiger partial charge is 0.131 e. The molecule has 9 aromatic rings. The number of hydrogen-bond acceptors (Lipinski definition) is 4. The quantitative estimate of drug-likeness (QED) is 0.152. The van der Waals surface area contributed by atoms with Crippen LogP contribution in [0.25, 0.3) is 72.1 Å². The molecule has 0 saturated carbocycles. The van der Waals surface area contributed by atoms with Crippen molar-refractivity contribution in [2.75, 3.05) is 0 Å². The Bertz CT molecular complexity index is 3410. The lowest BCUT2D eigenvalue weighted by Crippen LogP contribution is -2.44. The number of allylic oxidation sites excluding steroid dienone is 8. The van der Waals surface area contributed by atoms with E-state index in [0.29, 0.717) is 0 Å². The molecule has 3 aliphatic rings. The summed E-state index contributed by atoms with van der Waals surface area (Å²) >= 11 is 0. The summed E-state index contributed by atoms with van der Waals surface area (Å²) < 4.78 is 2.29. The highest BCUT2D eigenvalue weighted by Crippen LogP contribution is 2.45. The van der Waals surface area contributed by atoms with Gasteiger partial charge >= 0.3 is 0 Å². The van der Waals surface area contributed by atoms with Crippen LogP contribution in [-0.4, -0.2) is 15.4 Å². The minimum Gasteiger partial charge on any atom is -0.350 e. The van der Waals surface area contributed by atoms with Crippen molar-refractivity contribution in [3.63, 3.8) is 0 Å². The number of aliphatic imine (C=N–C) groups is 1. The Labute approximate surface area is 391 Å². The van der Waals surface area contributed by atoms with E-state index in [1.807, 2.05) is 6.07 Å². The van der Waals surface area contributed by atoms with Crippen LogP contribution in [0.3, 0.4) is 0 Å². The fourth-order valence-corrected chi connectivity index (χ4v) is 10.1. The van der Waals surface area contributed by atoms with Crippen LogP contribution in [-0.2, 0) is 0 Å². The van der Waals surface area contributed by atoms with Gasteiger partial charge in [-0.2, -0.15) is 5.10 Å². The molecule has 322 valence electrons. The molecule has 0 amide bonds. The Balaban J connectivity index is 0.880. The van der Waals surface area contributed by atoms with Gasteiger partial charge in [-0.25, -0.2) is 9.51 Å². The van der Waals surface area contributed by atoms with E-state index in [1.54, 1.807) is 0 Å². The monoisotopic (exact) mass is 863 g/mol. The summed E-state index contributed by atoms with van der Waals surface area (Å²) in [4.78, 5) is 5.14. The van der Waals surface area contributed by atoms with Crippen LogP contribution in [0.15, 0.2) is 230 Å². The Morgan fingerprint density at radius 3 is 1.57 bits per heavy atom. The number of amidine groups is 1. The van der Waals surface area contributed by atoms with Crippen molar-refractivity contribution in [3.05, 3.63) is 252 Å². The molecule has 12 rings (SSSR count). The molecule has 67 heavy (non-hydrogen) atoms. The van der Waals surface area contributed by atoms with Gasteiger partial charge in [0.25, 0.3) is 0 Å². The van der Waals surface area contributed by atoms with Crippen molar-refractivity contribution in [1.82, 2.24) is 20.2 Å². The molecule has 0 saturated heterocycles. The van der Waals surface area contributed by atoms with Gasteiger partial charge in [-0.05, 0) is 81.2 Å². The Morgan fingerprint density at radius 1 is 0.448 bits per heavy atom.